The predicted molar refractivity (Wildman–Crippen MR) is 161 cm³/mol. The molecule has 1 N–H and O–H groups in total. The topological polar surface area (TPSA) is 73.8 Å². The minimum Gasteiger partial charge on any atom is -0.456 e. The Kier molecular flexibility index (Phi) is 9.46. The van der Waals surface area contributed by atoms with Gasteiger partial charge < -0.3 is 14.4 Å². The van der Waals surface area contributed by atoms with Crippen LogP contribution in [0.4, 0.5) is 5.69 Å². The van der Waals surface area contributed by atoms with E-state index in [9.17, 15) is 13.5 Å². The standard InChI is InChI=1S/C32H41N2O4S/c1-5-9-12-21-39(36,37)31-14-11-10-13-28(31)32-26-17-15-24(33(6-2)7-3)22-29(26)38-30-23-25(16-18-27(30)32)34(8-4)19-20-35/h10-11,13-18,22-23,35H,5-9,12,19-21H2,1-4H3/q+1. The highest BCUT2D eigenvalue weighted by molar-refractivity contribution is 7.91. The van der Waals surface area contributed by atoms with Gasteiger partial charge in [0.2, 0.25) is 5.36 Å². The molecule has 0 radical (unpaired) electrons. The van der Waals surface area contributed by atoms with Gasteiger partial charge in [-0.05, 0) is 51.5 Å². The normalized spacial score (nSPS) is 12.7. The summed E-state index contributed by atoms with van der Waals surface area (Å²) >= 11 is 0. The molecule has 0 atom stereocenters. The third-order valence-corrected chi connectivity index (χ3v) is 9.29. The highest BCUT2D eigenvalue weighted by atomic mass is 32.2. The van der Waals surface area contributed by atoms with Crippen molar-refractivity contribution in [3.63, 3.8) is 0 Å². The van der Waals surface area contributed by atoms with Crippen molar-refractivity contribution in [2.75, 3.05) is 43.4 Å². The summed E-state index contributed by atoms with van der Waals surface area (Å²) in [4.78, 5) is 2.63. The smallest absolute Gasteiger partial charge is 0.203 e. The summed E-state index contributed by atoms with van der Waals surface area (Å²) in [7, 11) is -3.49. The minimum atomic E-state index is -3.49. The lowest BCUT2D eigenvalue weighted by Gasteiger charge is -2.23. The summed E-state index contributed by atoms with van der Waals surface area (Å²) in [6.45, 7) is 11.5. The molecule has 0 amide bonds. The molecule has 39 heavy (non-hydrogen) atoms. The lowest BCUT2D eigenvalue weighted by atomic mass is 9.93. The van der Waals surface area contributed by atoms with Crippen molar-refractivity contribution in [1.29, 1.82) is 0 Å². The van der Waals surface area contributed by atoms with Crippen LogP contribution in [0, 0.1) is 0 Å². The van der Waals surface area contributed by atoms with Gasteiger partial charge in [0.15, 0.2) is 16.4 Å². The Labute approximate surface area is 232 Å². The Balaban J connectivity index is 2.06. The number of aliphatic hydroxyl groups is 1. The molecule has 2 aromatic carbocycles. The van der Waals surface area contributed by atoms with E-state index in [2.05, 4.69) is 55.4 Å². The molecule has 0 fully saturated rings. The van der Waals surface area contributed by atoms with Gasteiger partial charge in [0.05, 0.1) is 16.7 Å². The molecule has 1 aliphatic carbocycles. The van der Waals surface area contributed by atoms with Gasteiger partial charge in [0, 0.05) is 53.0 Å². The van der Waals surface area contributed by atoms with E-state index in [1.807, 2.05) is 30.3 Å². The van der Waals surface area contributed by atoms with Crippen molar-refractivity contribution < 1.29 is 17.9 Å². The van der Waals surface area contributed by atoms with Gasteiger partial charge in [-0.25, -0.2) is 13.0 Å². The number of anilines is 1. The van der Waals surface area contributed by atoms with Crippen LogP contribution in [-0.2, 0) is 9.84 Å². The van der Waals surface area contributed by atoms with Gasteiger partial charge in [-0.3, -0.25) is 0 Å². The maximum Gasteiger partial charge on any atom is 0.203 e. The molecule has 4 rings (SSSR count). The fourth-order valence-electron chi connectivity index (χ4n) is 5.33. The molecule has 6 nitrogen and oxygen atoms in total. The van der Waals surface area contributed by atoms with Gasteiger partial charge in [-0.1, -0.05) is 38.0 Å². The Bertz CT molecular complexity index is 1570. The number of hydrogen-bond donors (Lipinski definition) is 1. The van der Waals surface area contributed by atoms with Crippen LogP contribution in [0.1, 0.15) is 47.0 Å². The Hall–Kier alpha value is -3.16. The molecule has 1 heterocycles. The van der Waals surface area contributed by atoms with Crippen molar-refractivity contribution >= 4 is 26.5 Å². The molecular formula is C32H41N2O4S+. The molecule has 208 valence electrons. The summed E-state index contributed by atoms with van der Waals surface area (Å²) in [5, 5.41) is 11.4. The highest BCUT2D eigenvalue weighted by Crippen LogP contribution is 2.43. The van der Waals surface area contributed by atoms with Crippen LogP contribution in [0.5, 0.6) is 0 Å². The summed E-state index contributed by atoms with van der Waals surface area (Å²) in [5.74, 6) is 0.814. The molecule has 0 saturated heterocycles. The average molecular weight is 550 g/mol. The summed E-state index contributed by atoms with van der Waals surface area (Å²) in [6, 6.07) is 19.6. The molecular weight excluding hydrogens is 508 g/mol. The van der Waals surface area contributed by atoms with Gasteiger partial charge in [0.1, 0.15) is 24.5 Å². The largest absolute Gasteiger partial charge is 0.456 e. The molecule has 2 aromatic rings. The number of sulfone groups is 1. The first-order chi connectivity index (χ1) is 18.9. The molecule has 0 saturated carbocycles. The Morgan fingerprint density at radius 2 is 1.67 bits per heavy atom. The van der Waals surface area contributed by atoms with Gasteiger partial charge in [-0.15, -0.1) is 0 Å². The number of unbranched alkanes of at least 4 members (excludes halogenated alkanes) is 2. The molecule has 0 spiro atoms. The molecule has 2 aliphatic rings. The zero-order valence-electron chi connectivity index (χ0n) is 23.6. The fraction of sp³-hybridized carbons (Fsp3) is 0.406. The maximum atomic E-state index is 13.6. The van der Waals surface area contributed by atoms with Crippen LogP contribution in [-0.4, -0.2) is 52.1 Å². The van der Waals surface area contributed by atoms with Crippen molar-refractivity contribution in [3.8, 4) is 22.5 Å². The van der Waals surface area contributed by atoms with E-state index in [1.165, 1.54) is 0 Å². The lowest BCUT2D eigenvalue weighted by Crippen LogP contribution is -2.32. The second kappa shape index (κ2) is 12.8. The number of likely N-dealkylation sites (N-methyl/N-ethyl adjacent to an activating group) is 1. The van der Waals surface area contributed by atoms with E-state index < -0.39 is 9.84 Å². The highest BCUT2D eigenvalue weighted by Gasteiger charge is 2.25. The van der Waals surface area contributed by atoms with Gasteiger partial charge in [-0.2, -0.15) is 0 Å². The SMILES string of the molecule is CCCCCS(=O)(=O)c1ccccc1-c1c2ccc(=[N+](CC)CCO)cc-2oc2cc(N(CC)CC)ccc12. The van der Waals surface area contributed by atoms with Gasteiger partial charge >= 0.3 is 0 Å². The van der Waals surface area contributed by atoms with Crippen LogP contribution in [0.25, 0.3) is 33.4 Å². The van der Waals surface area contributed by atoms with E-state index in [0.717, 1.165) is 60.0 Å². The average Bonchev–Trinajstić information content (AvgIpc) is 2.95. The number of nitrogens with zero attached hydrogens (tertiary/aromatic N) is 2. The van der Waals surface area contributed by atoms with Crippen molar-refractivity contribution in [2.45, 2.75) is 51.9 Å². The second-order valence-electron chi connectivity index (χ2n) is 9.84. The molecule has 7 heteroatoms. The van der Waals surface area contributed by atoms with Crippen LogP contribution >= 0.6 is 0 Å². The quantitative estimate of drug-likeness (QED) is 0.137. The van der Waals surface area contributed by atoms with Crippen LogP contribution in [0.3, 0.4) is 0 Å². The van der Waals surface area contributed by atoms with E-state index in [-0.39, 0.29) is 12.4 Å². The first-order valence-corrected chi connectivity index (χ1v) is 15.8. The number of hydrogen-bond acceptors (Lipinski definition) is 5. The first kappa shape index (κ1) is 28.8. The fourth-order valence-corrected chi connectivity index (χ4v) is 6.92. The lowest BCUT2D eigenvalue weighted by molar-refractivity contribution is 0.282. The van der Waals surface area contributed by atoms with E-state index in [0.29, 0.717) is 34.8 Å². The molecule has 0 bridgehead atoms. The first-order valence-electron chi connectivity index (χ1n) is 14.1. The Morgan fingerprint density at radius 1 is 0.897 bits per heavy atom. The van der Waals surface area contributed by atoms with E-state index in [4.69, 9.17) is 4.42 Å². The monoisotopic (exact) mass is 549 g/mol. The number of fused-ring (bicyclic) bond motifs is 2. The number of benzene rings is 3. The minimum absolute atomic E-state index is 0.0580. The third kappa shape index (κ3) is 6.04. The Morgan fingerprint density at radius 3 is 2.36 bits per heavy atom. The summed E-state index contributed by atoms with van der Waals surface area (Å²) < 4.78 is 35.8. The van der Waals surface area contributed by atoms with E-state index >= 15 is 0 Å². The molecule has 0 aromatic heterocycles. The number of aliphatic hydroxyl groups excluding tert-OH is 1. The zero-order chi connectivity index (χ0) is 28.0. The van der Waals surface area contributed by atoms with Crippen LogP contribution in [0.15, 0.2) is 70.0 Å². The predicted octanol–water partition coefficient (Wildman–Crippen LogP) is 5.80. The van der Waals surface area contributed by atoms with Crippen molar-refractivity contribution in [3.05, 3.63) is 66.0 Å². The maximum absolute atomic E-state index is 13.6. The molecule has 0 unspecified atom stereocenters. The second-order valence-corrected chi connectivity index (χ2v) is 11.9. The summed E-state index contributed by atoms with van der Waals surface area (Å²) in [6.07, 6.45) is 2.50. The summed E-state index contributed by atoms with van der Waals surface area (Å²) in [5.41, 5.74) is 4.20. The van der Waals surface area contributed by atoms with Crippen molar-refractivity contribution in [2.24, 2.45) is 0 Å². The van der Waals surface area contributed by atoms with Crippen LogP contribution < -0.4 is 14.8 Å². The number of rotatable bonds is 12. The van der Waals surface area contributed by atoms with Crippen LogP contribution in [0.2, 0.25) is 0 Å². The molecule has 1 aliphatic heterocycles. The zero-order valence-corrected chi connectivity index (χ0v) is 24.4. The van der Waals surface area contributed by atoms with Gasteiger partial charge in [0.25, 0.3) is 0 Å². The third-order valence-electron chi connectivity index (χ3n) is 7.44. The van der Waals surface area contributed by atoms with E-state index in [1.54, 1.807) is 12.1 Å². The van der Waals surface area contributed by atoms with Crippen molar-refractivity contribution in [1.82, 2.24) is 4.58 Å².